The first-order chi connectivity index (χ1) is 11.3. The fourth-order valence-electron chi connectivity index (χ4n) is 3.96. The number of nitrogens with zero attached hydrogens (tertiary/aromatic N) is 3. The van der Waals surface area contributed by atoms with Gasteiger partial charge in [-0.2, -0.15) is 18.3 Å². The van der Waals surface area contributed by atoms with Crippen LogP contribution in [0.15, 0.2) is 12.4 Å². The maximum absolute atomic E-state index is 13.2. The summed E-state index contributed by atoms with van der Waals surface area (Å²) in [5.74, 6) is -1.27. The summed E-state index contributed by atoms with van der Waals surface area (Å²) in [7, 11) is 0. The van der Waals surface area contributed by atoms with Gasteiger partial charge >= 0.3 is 12.2 Å². The van der Waals surface area contributed by atoms with Gasteiger partial charge in [-0.1, -0.05) is 6.42 Å². The lowest BCUT2D eigenvalue weighted by atomic mass is 9.58. The van der Waals surface area contributed by atoms with E-state index < -0.39 is 17.5 Å². The Morgan fingerprint density at radius 1 is 1.46 bits per heavy atom. The van der Waals surface area contributed by atoms with E-state index in [2.05, 4.69) is 10.4 Å². The van der Waals surface area contributed by atoms with Crippen molar-refractivity contribution >= 4 is 6.03 Å². The number of carbonyl (C=O) groups excluding carboxylic acids is 1. The molecule has 1 aromatic rings. The van der Waals surface area contributed by atoms with E-state index in [1.165, 1.54) is 0 Å². The summed E-state index contributed by atoms with van der Waals surface area (Å²) in [5.41, 5.74) is 0.287. The molecule has 1 spiro atoms. The molecule has 2 aliphatic rings. The monoisotopic (exact) mass is 344 g/mol. The highest BCUT2D eigenvalue weighted by Gasteiger charge is 2.58. The number of nitrogens with one attached hydrogen (secondary N) is 1. The van der Waals surface area contributed by atoms with Gasteiger partial charge in [-0.05, 0) is 37.2 Å². The van der Waals surface area contributed by atoms with Crippen LogP contribution in [0.1, 0.15) is 31.2 Å². The zero-order valence-corrected chi connectivity index (χ0v) is 13.8. The highest BCUT2D eigenvalue weighted by molar-refractivity contribution is 5.74. The van der Waals surface area contributed by atoms with Crippen molar-refractivity contribution in [3.05, 3.63) is 18.0 Å². The van der Waals surface area contributed by atoms with E-state index in [0.29, 0.717) is 25.9 Å². The van der Waals surface area contributed by atoms with E-state index >= 15 is 0 Å². The second-order valence-corrected chi connectivity index (χ2v) is 7.03. The molecular weight excluding hydrogens is 321 g/mol. The number of alkyl halides is 3. The minimum Gasteiger partial charge on any atom is -0.336 e. The van der Waals surface area contributed by atoms with E-state index in [1.807, 2.05) is 13.1 Å². The summed E-state index contributed by atoms with van der Waals surface area (Å²) >= 11 is 0. The van der Waals surface area contributed by atoms with Gasteiger partial charge in [-0.3, -0.25) is 4.68 Å². The second-order valence-electron chi connectivity index (χ2n) is 7.03. The number of rotatable bonds is 3. The fourth-order valence-corrected chi connectivity index (χ4v) is 3.96. The molecule has 1 aromatic heterocycles. The molecule has 1 aliphatic carbocycles. The van der Waals surface area contributed by atoms with Gasteiger partial charge in [0, 0.05) is 25.8 Å². The van der Waals surface area contributed by atoms with Crippen LogP contribution in [0.5, 0.6) is 0 Å². The lowest BCUT2D eigenvalue weighted by Crippen LogP contribution is -2.59. The van der Waals surface area contributed by atoms with Crippen LogP contribution in [0.25, 0.3) is 0 Å². The predicted molar refractivity (Wildman–Crippen MR) is 82.4 cm³/mol. The summed E-state index contributed by atoms with van der Waals surface area (Å²) in [4.78, 5) is 13.8. The molecule has 1 saturated heterocycles. The van der Waals surface area contributed by atoms with Crippen LogP contribution in [0.3, 0.4) is 0 Å². The molecule has 1 aliphatic heterocycles. The minimum atomic E-state index is -4.17. The van der Waals surface area contributed by atoms with Crippen molar-refractivity contribution in [2.45, 2.75) is 45.3 Å². The molecule has 2 amide bonds. The number of amides is 2. The Labute approximate surface area is 139 Å². The summed E-state index contributed by atoms with van der Waals surface area (Å²) in [6, 6.07) is -0.272. The number of piperidine rings is 1. The molecule has 1 saturated carbocycles. The van der Waals surface area contributed by atoms with Crippen LogP contribution in [0, 0.1) is 18.3 Å². The van der Waals surface area contributed by atoms with Crippen molar-refractivity contribution < 1.29 is 18.0 Å². The third-order valence-corrected chi connectivity index (χ3v) is 5.34. The first kappa shape index (κ1) is 17.1. The first-order valence-electron chi connectivity index (χ1n) is 8.39. The molecule has 1 N–H and O–H groups in total. The lowest BCUT2D eigenvalue weighted by Gasteiger charge is -2.54. The van der Waals surface area contributed by atoms with Gasteiger partial charge in [0.1, 0.15) is 0 Å². The first-order valence-corrected chi connectivity index (χ1v) is 8.39. The Kier molecular flexibility index (Phi) is 4.48. The van der Waals surface area contributed by atoms with Crippen molar-refractivity contribution in [2.75, 3.05) is 19.6 Å². The Morgan fingerprint density at radius 2 is 2.21 bits per heavy atom. The quantitative estimate of drug-likeness (QED) is 0.916. The van der Waals surface area contributed by atoms with Crippen LogP contribution < -0.4 is 5.32 Å². The topological polar surface area (TPSA) is 50.2 Å². The van der Waals surface area contributed by atoms with Gasteiger partial charge < -0.3 is 10.2 Å². The molecule has 5 nitrogen and oxygen atoms in total. The number of aromatic nitrogens is 2. The normalized spacial score (nSPS) is 23.2. The average molecular weight is 344 g/mol. The highest BCUT2D eigenvalue weighted by Crippen LogP contribution is 2.56. The number of hydrogen-bond donors (Lipinski definition) is 1. The van der Waals surface area contributed by atoms with Crippen molar-refractivity contribution in [1.29, 1.82) is 0 Å². The van der Waals surface area contributed by atoms with Crippen LogP contribution in [0.4, 0.5) is 18.0 Å². The van der Waals surface area contributed by atoms with Crippen LogP contribution in [-0.4, -0.2) is 46.5 Å². The zero-order valence-electron chi connectivity index (χ0n) is 13.8. The number of aryl methyl sites for hydroxylation is 1. The molecule has 2 heterocycles. The third-order valence-electron chi connectivity index (χ3n) is 5.34. The lowest BCUT2D eigenvalue weighted by molar-refractivity contribution is -0.235. The summed E-state index contributed by atoms with van der Waals surface area (Å²) in [5, 5.41) is 6.93. The van der Waals surface area contributed by atoms with Gasteiger partial charge in [0.25, 0.3) is 0 Å². The van der Waals surface area contributed by atoms with Crippen molar-refractivity contribution in [1.82, 2.24) is 20.0 Å². The predicted octanol–water partition coefficient (Wildman–Crippen LogP) is 2.96. The summed E-state index contributed by atoms with van der Waals surface area (Å²) in [6.07, 6.45) is 1.41. The molecule has 0 aromatic carbocycles. The van der Waals surface area contributed by atoms with Crippen molar-refractivity contribution in [3.63, 3.8) is 0 Å². The molecule has 0 radical (unpaired) electrons. The van der Waals surface area contributed by atoms with Crippen molar-refractivity contribution in [2.24, 2.45) is 11.3 Å². The minimum absolute atomic E-state index is 0.00920. The molecule has 24 heavy (non-hydrogen) atoms. The largest absolute Gasteiger partial charge is 0.392 e. The number of urea groups is 1. The molecule has 1 atom stereocenters. The van der Waals surface area contributed by atoms with Gasteiger partial charge in [-0.15, -0.1) is 0 Å². The number of likely N-dealkylation sites (tertiary alicyclic amines) is 1. The Bertz CT molecular complexity index is 594. The SMILES string of the molecule is Cc1cnn(CCNC(=O)N2CCC(C(F)(F)F)C3(CCC3)C2)c1. The molecule has 8 heteroatoms. The Hall–Kier alpha value is -1.73. The van der Waals surface area contributed by atoms with Gasteiger partial charge in [-0.25, -0.2) is 4.79 Å². The van der Waals surface area contributed by atoms with Gasteiger partial charge in [0.2, 0.25) is 0 Å². The van der Waals surface area contributed by atoms with Crippen LogP contribution in [0.2, 0.25) is 0 Å². The van der Waals surface area contributed by atoms with E-state index in [4.69, 9.17) is 0 Å². The second kappa shape index (κ2) is 6.29. The zero-order chi connectivity index (χ0) is 17.4. The number of carbonyl (C=O) groups is 1. The fraction of sp³-hybridized carbons (Fsp3) is 0.750. The molecule has 134 valence electrons. The summed E-state index contributed by atoms with van der Waals surface area (Å²) < 4.78 is 41.5. The van der Waals surface area contributed by atoms with Crippen molar-refractivity contribution in [3.8, 4) is 0 Å². The van der Waals surface area contributed by atoms with Gasteiger partial charge in [0.15, 0.2) is 0 Å². The maximum Gasteiger partial charge on any atom is 0.392 e. The Balaban J connectivity index is 1.53. The Morgan fingerprint density at radius 3 is 2.75 bits per heavy atom. The van der Waals surface area contributed by atoms with Gasteiger partial charge in [0.05, 0.1) is 18.7 Å². The standard InChI is InChI=1S/C16H23F3N4O/c1-12-9-21-23(10-12)8-6-20-14(24)22-7-3-13(16(17,18)19)15(11-22)4-2-5-15/h9-10,13H,2-8,11H2,1H3,(H,20,24). The molecular formula is C16H23F3N4O. The van der Waals surface area contributed by atoms with E-state index in [9.17, 15) is 18.0 Å². The molecule has 1 unspecified atom stereocenters. The maximum atomic E-state index is 13.2. The molecule has 0 bridgehead atoms. The highest BCUT2D eigenvalue weighted by atomic mass is 19.4. The third kappa shape index (κ3) is 3.37. The van der Waals surface area contributed by atoms with E-state index in [-0.39, 0.29) is 25.5 Å². The molecule has 3 rings (SSSR count). The summed E-state index contributed by atoms with van der Waals surface area (Å²) in [6.45, 7) is 3.27. The van der Waals surface area contributed by atoms with E-state index in [0.717, 1.165) is 12.0 Å². The van der Waals surface area contributed by atoms with Crippen LogP contribution >= 0.6 is 0 Å². The number of halogens is 3. The smallest absolute Gasteiger partial charge is 0.336 e. The number of hydrogen-bond acceptors (Lipinski definition) is 2. The van der Waals surface area contributed by atoms with E-state index in [1.54, 1.807) is 15.8 Å². The molecule has 2 fully saturated rings. The average Bonchev–Trinajstić information content (AvgIpc) is 2.89. The van der Waals surface area contributed by atoms with Crippen LogP contribution in [-0.2, 0) is 6.54 Å².